The summed E-state index contributed by atoms with van der Waals surface area (Å²) in [6.45, 7) is 5.93. The average molecular weight is 245 g/mol. The number of hydrogen-bond acceptors (Lipinski definition) is 3. The summed E-state index contributed by atoms with van der Waals surface area (Å²) >= 11 is 0. The van der Waals surface area contributed by atoms with Gasteiger partial charge in [0.05, 0.1) is 13.2 Å². The first kappa shape index (κ1) is 14.2. The number of ketones is 1. The summed E-state index contributed by atoms with van der Waals surface area (Å²) in [6, 6.07) is 7.79. The molecule has 0 spiro atoms. The first-order valence-electron chi connectivity index (χ1n) is 6.15. The Balaban J connectivity index is 3.30. The first-order chi connectivity index (χ1) is 8.54. The van der Waals surface area contributed by atoms with Crippen molar-refractivity contribution in [2.45, 2.75) is 39.0 Å². The molecule has 1 aromatic carbocycles. The van der Waals surface area contributed by atoms with Gasteiger partial charge in [0, 0.05) is 12.0 Å². The number of nitrogens with zero attached hydrogens (tertiary/aromatic N) is 1. The van der Waals surface area contributed by atoms with E-state index in [1.807, 2.05) is 18.2 Å². The molecule has 0 N–H and O–H groups in total. The number of methoxy groups -OCH3 is 1. The van der Waals surface area contributed by atoms with E-state index in [1.54, 1.807) is 14.0 Å². The van der Waals surface area contributed by atoms with Crippen LogP contribution in [0.1, 0.15) is 50.2 Å². The monoisotopic (exact) mass is 245 g/mol. The number of nitriles is 1. The van der Waals surface area contributed by atoms with E-state index >= 15 is 0 Å². The summed E-state index contributed by atoms with van der Waals surface area (Å²) < 4.78 is 5.25. The maximum atomic E-state index is 11.8. The zero-order valence-electron chi connectivity index (χ0n) is 11.4. The van der Waals surface area contributed by atoms with Gasteiger partial charge in [0.1, 0.15) is 11.7 Å². The molecule has 0 bridgehead atoms. The number of rotatable bonds is 5. The normalized spacial score (nSPS) is 12.0. The number of carbonyl (C=O) groups excluding carboxylic acids is 1. The highest BCUT2D eigenvalue weighted by atomic mass is 16.5. The van der Waals surface area contributed by atoms with Crippen molar-refractivity contribution in [3.8, 4) is 11.8 Å². The summed E-state index contributed by atoms with van der Waals surface area (Å²) in [5.41, 5.74) is 1.79. The molecule has 3 heteroatoms. The maximum absolute atomic E-state index is 11.8. The minimum atomic E-state index is -0.733. The molecule has 0 amide bonds. The lowest BCUT2D eigenvalue weighted by Gasteiger charge is -2.15. The topological polar surface area (TPSA) is 50.1 Å². The number of Topliss-reactive ketones (excluding diaryl/α,β-unsaturated/α-hetero) is 1. The molecule has 0 saturated heterocycles. The van der Waals surface area contributed by atoms with Crippen molar-refractivity contribution >= 4 is 5.78 Å². The Morgan fingerprint density at radius 1 is 1.44 bits per heavy atom. The van der Waals surface area contributed by atoms with Gasteiger partial charge in [-0.1, -0.05) is 32.9 Å². The summed E-state index contributed by atoms with van der Waals surface area (Å²) in [6.07, 6.45) is 0.354. The molecule has 1 aromatic rings. The van der Waals surface area contributed by atoms with Crippen molar-refractivity contribution in [3.63, 3.8) is 0 Å². The van der Waals surface area contributed by atoms with Crippen LogP contribution in [-0.2, 0) is 4.79 Å². The largest absolute Gasteiger partial charge is 0.496 e. The first-order valence-corrected chi connectivity index (χ1v) is 6.15. The summed E-state index contributed by atoms with van der Waals surface area (Å²) in [4.78, 5) is 11.8. The van der Waals surface area contributed by atoms with Gasteiger partial charge in [-0.2, -0.15) is 5.26 Å². The molecular weight excluding hydrogens is 226 g/mol. The van der Waals surface area contributed by atoms with Gasteiger partial charge in [0.2, 0.25) is 0 Å². The zero-order chi connectivity index (χ0) is 13.7. The van der Waals surface area contributed by atoms with Gasteiger partial charge in [0.15, 0.2) is 5.78 Å². The second-order valence-electron chi connectivity index (χ2n) is 4.54. The van der Waals surface area contributed by atoms with Crippen LogP contribution >= 0.6 is 0 Å². The van der Waals surface area contributed by atoms with Crippen LogP contribution in [0.15, 0.2) is 18.2 Å². The third-order valence-corrected chi connectivity index (χ3v) is 3.03. The molecule has 0 radical (unpaired) electrons. The van der Waals surface area contributed by atoms with Gasteiger partial charge in [-0.05, 0) is 17.5 Å². The van der Waals surface area contributed by atoms with E-state index in [0.29, 0.717) is 23.7 Å². The smallest absolute Gasteiger partial charge is 0.154 e. The van der Waals surface area contributed by atoms with Crippen molar-refractivity contribution in [1.82, 2.24) is 0 Å². The second kappa shape index (κ2) is 6.20. The third kappa shape index (κ3) is 2.89. The lowest BCUT2D eigenvalue weighted by molar-refractivity contribution is -0.119. The van der Waals surface area contributed by atoms with Crippen LogP contribution in [0.3, 0.4) is 0 Å². The predicted molar refractivity (Wildman–Crippen MR) is 70.7 cm³/mol. The molecule has 0 aliphatic heterocycles. The highest BCUT2D eigenvalue weighted by Crippen LogP contribution is 2.31. The molecule has 0 heterocycles. The molecule has 0 aliphatic rings. The van der Waals surface area contributed by atoms with E-state index in [2.05, 4.69) is 19.9 Å². The molecule has 1 atom stereocenters. The summed E-state index contributed by atoms with van der Waals surface area (Å²) in [5.74, 6) is 0.152. The van der Waals surface area contributed by atoms with Crippen LogP contribution in [-0.4, -0.2) is 12.9 Å². The standard InChI is InChI=1S/C15H19NO2/c1-5-14(17)13(9-16)12-8-11(10(2)3)6-7-15(12)18-4/h6-8,10,13H,5H2,1-4H3. The Labute approximate surface area is 108 Å². The van der Waals surface area contributed by atoms with E-state index in [-0.39, 0.29) is 5.78 Å². The molecule has 0 aromatic heterocycles. The molecule has 0 saturated carbocycles. The number of benzene rings is 1. The lowest BCUT2D eigenvalue weighted by Crippen LogP contribution is -2.11. The van der Waals surface area contributed by atoms with E-state index in [0.717, 1.165) is 5.56 Å². The van der Waals surface area contributed by atoms with Crippen LogP contribution in [0.4, 0.5) is 0 Å². The van der Waals surface area contributed by atoms with Crippen molar-refractivity contribution < 1.29 is 9.53 Å². The molecular formula is C15H19NO2. The Bertz CT molecular complexity index is 472. The summed E-state index contributed by atoms with van der Waals surface area (Å²) in [7, 11) is 1.55. The van der Waals surface area contributed by atoms with Crippen molar-refractivity contribution in [1.29, 1.82) is 5.26 Å². The van der Waals surface area contributed by atoms with Crippen LogP contribution in [0.5, 0.6) is 5.75 Å². The minimum Gasteiger partial charge on any atom is -0.496 e. The fraction of sp³-hybridized carbons (Fsp3) is 0.467. The van der Waals surface area contributed by atoms with E-state index < -0.39 is 5.92 Å². The molecule has 1 unspecified atom stereocenters. The molecule has 0 fully saturated rings. The minimum absolute atomic E-state index is 0.0725. The predicted octanol–water partition coefficient (Wildman–Crippen LogP) is 3.40. The van der Waals surface area contributed by atoms with Crippen molar-refractivity contribution in [3.05, 3.63) is 29.3 Å². The average Bonchev–Trinajstić information content (AvgIpc) is 2.39. The van der Waals surface area contributed by atoms with Crippen LogP contribution in [0, 0.1) is 11.3 Å². The second-order valence-corrected chi connectivity index (χ2v) is 4.54. The van der Waals surface area contributed by atoms with Gasteiger partial charge in [0.25, 0.3) is 0 Å². The fourth-order valence-corrected chi connectivity index (χ4v) is 1.86. The lowest BCUT2D eigenvalue weighted by atomic mass is 9.90. The van der Waals surface area contributed by atoms with Crippen LogP contribution < -0.4 is 4.74 Å². The summed E-state index contributed by atoms with van der Waals surface area (Å²) in [5, 5.41) is 9.20. The van der Waals surface area contributed by atoms with Gasteiger partial charge in [-0.15, -0.1) is 0 Å². The molecule has 3 nitrogen and oxygen atoms in total. The fourth-order valence-electron chi connectivity index (χ4n) is 1.86. The zero-order valence-corrected chi connectivity index (χ0v) is 11.4. The Morgan fingerprint density at radius 2 is 2.11 bits per heavy atom. The number of hydrogen-bond donors (Lipinski definition) is 0. The Hall–Kier alpha value is -1.82. The molecule has 1 rings (SSSR count). The highest BCUT2D eigenvalue weighted by Gasteiger charge is 2.22. The van der Waals surface area contributed by atoms with E-state index in [1.165, 1.54) is 0 Å². The van der Waals surface area contributed by atoms with Crippen molar-refractivity contribution in [2.75, 3.05) is 7.11 Å². The van der Waals surface area contributed by atoms with Crippen LogP contribution in [0.25, 0.3) is 0 Å². The Kier molecular flexibility index (Phi) is 4.91. The van der Waals surface area contributed by atoms with E-state index in [4.69, 9.17) is 4.74 Å². The van der Waals surface area contributed by atoms with Crippen molar-refractivity contribution in [2.24, 2.45) is 0 Å². The van der Waals surface area contributed by atoms with Gasteiger partial charge >= 0.3 is 0 Å². The van der Waals surface area contributed by atoms with E-state index in [9.17, 15) is 10.1 Å². The maximum Gasteiger partial charge on any atom is 0.154 e. The third-order valence-electron chi connectivity index (χ3n) is 3.03. The van der Waals surface area contributed by atoms with Gasteiger partial charge in [-0.25, -0.2) is 0 Å². The van der Waals surface area contributed by atoms with Crippen LogP contribution in [0.2, 0.25) is 0 Å². The highest BCUT2D eigenvalue weighted by molar-refractivity contribution is 5.89. The number of carbonyl (C=O) groups is 1. The quantitative estimate of drug-likeness (QED) is 0.798. The molecule has 18 heavy (non-hydrogen) atoms. The SMILES string of the molecule is CCC(=O)C(C#N)c1cc(C(C)C)ccc1OC. The van der Waals surface area contributed by atoms with Gasteiger partial charge < -0.3 is 4.74 Å². The number of ether oxygens (including phenoxy) is 1. The van der Waals surface area contributed by atoms with Gasteiger partial charge in [-0.3, -0.25) is 4.79 Å². The molecule has 0 aliphatic carbocycles. The Morgan fingerprint density at radius 3 is 2.56 bits per heavy atom. The molecule has 96 valence electrons.